The summed E-state index contributed by atoms with van der Waals surface area (Å²) in [6.07, 6.45) is 2.90. The van der Waals surface area contributed by atoms with Gasteiger partial charge in [0.1, 0.15) is 5.75 Å². The second-order valence-corrected chi connectivity index (χ2v) is 6.08. The number of hydrogen-bond donors (Lipinski definition) is 1. The Labute approximate surface area is 153 Å². The van der Waals surface area contributed by atoms with E-state index < -0.39 is 0 Å². The maximum absolute atomic E-state index is 12.1. The zero-order valence-electron chi connectivity index (χ0n) is 15.1. The molecular weight excluding hydrogens is 330 g/mol. The first-order chi connectivity index (χ1) is 12.5. The van der Waals surface area contributed by atoms with Gasteiger partial charge in [0.05, 0.1) is 5.69 Å². The number of phenols is 1. The van der Waals surface area contributed by atoms with Crippen molar-refractivity contribution in [2.45, 2.75) is 32.6 Å². The lowest BCUT2D eigenvalue weighted by Crippen LogP contribution is -2.20. The lowest BCUT2D eigenvalue weighted by Gasteiger charge is -2.09. The van der Waals surface area contributed by atoms with Crippen molar-refractivity contribution in [1.29, 1.82) is 0 Å². The van der Waals surface area contributed by atoms with E-state index in [0.717, 1.165) is 24.8 Å². The van der Waals surface area contributed by atoms with Crippen molar-refractivity contribution in [3.63, 3.8) is 0 Å². The molecule has 1 N–H and O–H groups in total. The molecule has 2 aromatic rings. The van der Waals surface area contributed by atoms with E-state index in [1.165, 1.54) is 11.9 Å². The summed E-state index contributed by atoms with van der Waals surface area (Å²) >= 11 is 0. The molecule has 136 valence electrons. The molecule has 0 aliphatic rings. The van der Waals surface area contributed by atoms with Crippen LogP contribution in [0.4, 0.5) is 5.69 Å². The van der Waals surface area contributed by atoms with Crippen LogP contribution in [-0.4, -0.2) is 28.9 Å². The lowest BCUT2D eigenvalue weighted by atomic mass is 10.1. The second-order valence-electron chi connectivity index (χ2n) is 6.08. The average Bonchev–Trinajstić information content (AvgIpc) is 2.64. The molecule has 0 saturated carbocycles. The Morgan fingerprint density at radius 1 is 1.00 bits per heavy atom. The number of phenolic OH excluding ortho intramolecular Hbond substituents is 1. The van der Waals surface area contributed by atoms with E-state index in [-0.39, 0.29) is 17.4 Å². The van der Waals surface area contributed by atoms with Gasteiger partial charge in [0.25, 0.3) is 0 Å². The molecule has 26 heavy (non-hydrogen) atoms. The third-order valence-electron chi connectivity index (χ3n) is 3.97. The summed E-state index contributed by atoms with van der Waals surface area (Å²) in [7, 11) is 1.58. The molecule has 0 aliphatic carbocycles. The van der Waals surface area contributed by atoms with Crippen molar-refractivity contribution in [2.24, 2.45) is 10.3 Å². The van der Waals surface area contributed by atoms with Crippen LogP contribution in [0.25, 0.3) is 0 Å². The van der Waals surface area contributed by atoms with E-state index in [0.29, 0.717) is 17.7 Å². The SMILES string of the molecule is CC(=O)c1ccc(N=NN(C)C(=O)CCCCc2ccc(O)cc2)cc1. The van der Waals surface area contributed by atoms with Gasteiger partial charge in [-0.25, -0.2) is 5.01 Å². The largest absolute Gasteiger partial charge is 0.508 e. The van der Waals surface area contributed by atoms with E-state index >= 15 is 0 Å². The number of Topliss-reactive ketones (excluding diaryl/α,β-unsaturated/α-hetero) is 1. The van der Waals surface area contributed by atoms with E-state index in [1.807, 2.05) is 12.1 Å². The third-order valence-corrected chi connectivity index (χ3v) is 3.97. The minimum absolute atomic E-state index is 0.00640. The maximum Gasteiger partial charge on any atom is 0.243 e. The second kappa shape index (κ2) is 9.46. The number of ketones is 1. The highest BCUT2D eigenvalue weighted by molar-refractivity contribution is 5.94. The van der Waals surface area contributed by atoms with Gasteiger partial charge in [-0.05, 0) is 68.1 Å². The van der Waals surface area contributed by atoms with Crippen LogP contribution in [0.2, 0.25) is 0 Å². The van der Waals surface area contributed by atoms with Gasteiger partial charge in [-0.1, -0.05) is 17.4 Å². The molecule has 6 nitrogen and oxygen atoms in total. The smallest absolute Gasteiger partial charge is 0.243 e. The predicted molar refractivity (Wildman–Crippen MR) is 99.4 cm³/mol. The van der Waals surface area contributed by atoms with E-state index in [9.17, 15) is 14.7 Å². The number of rotatable bonds is 8. The first kappa shape index (κ1) is 19.3. The molecule has 2 rings (SSSR count). The third kappa shape index (κ3) is 6.12. The lowest BCUT2D eigenvalue weighted by molar-refractivity contribution is -0.130. The topological polar surface area (TPSA) is 82.3 Å². The van der Waals surface area contributed by atoms with Gasteiger partial charge >= 0.3 is 0 Å². The van der Waals surface area contributed by atoms with Gasteiger partial charge in [-0.2, -0.15) is 0 Å². The fourth-order valence-corrected chi connectivity index (χ4v) is 2.36. The number of unbranched alkanes of at least 4 members (excludes halogenated alkanes) is 1. The number of amides is 1. The Balaban J connectivity index is 1.74. The fourth-order valence-electron chi connectivity index (χ4n) is 2.36. The quantitative estimate of drug-likeness (QED) is 0.329. The van der Waals surface area contributed by atoms with Crippen molar-refractivity contribution in [3.05, 3.63) is 59.7 Å². The van der Waals surface area contributed by atoms with Crippen LogP contribution in [0, 0.1) is 0 Å². The first-order valence-electron chi connectivity index (χ1n) is 8.53. The highest BCUT2D eigenvalue weighted by Crippen LogP contribution is 2.15. The van der Waals surface area contributed by atoms with Gasteiger partial charge < -0.3 is 5.11 Å². The van der Waals surface area contributed by atoms with E-state index in [1.54, 1.807) is 43.4 Å². The summed E-state index contributed by atoms with van der Waals surface area (Å²) in [5.74, 6) is 0.153. The average molecular weight is 353 g/mol. The van der Waals surface area contributed by atoms with Gasteiger partial charge in [-0.3, -0.25) is 9.59 Å². The van der Waals surface area contributed by atoms with E-state index in [4.69, 9.17) is 0 Å². The molecule has 0 unspecified atom stereocenters. The highest BCUT2D eigenvalue weighted by atomic mass is 16.3. The summed E-state index contributed by atoms with van der Waals surface area (Å²) in [4.78, 5) is 23.3. The van der Waals surface area contributed by atoms with Gasteiger partial charge in [0.15, 0.2) is 5.78 Å². The summed E-state index contributed by atoms with van der Waals surface area (Å²) in [5, 5.41) is 18.4. The summed E-state index contributed by atoms with van der Waals surface area (Å²) in [6.45, 7) is 1.50. The van der Waals surface area contributed by atoms with Crippen LogP contribution >= 0.6 is 0 Å². The molecule has 0 aliphatic heterocycles. The van der Waals surface area contributed by atoms with Crippen LogP contribution in [0.15, 0.2) is 58.9 Å². The van der Waals surface area contributed by atoms with Crippen LogP contribution in [-0.2, 0) is 11.2 Å². The van der Waals surface area contributed by atoms with Gasteiger partial charge in [0.2, 0.25) is 5.91 Å². The molecule has 0 saturated heterocycles. The molecule has 0 aromatic heterocycles. The molecule has 0 spiro atoms. The van der Waals surface area contributed by atoms with Crippen LogP contribution in [0.5, 0.6) is 5.75 Å². The first-order valence-corrected chi connectivity index (χ1v) is 8.53. The Kier molecular flexibility index (Phi) is 7.02. The fraction of sp³-hybridized carbons (Fsp3) is 0.300. The molecular formula is C20H23N3O3. The number of carbonyl (C=O) groups is 2. The monoisotopic (exact) mass is 353 g/mol. The standard InChI is InChI=1S/C20H23N3O3/c1-15(24)17-9-11-18(12-10-17)21-22-23(2)20(26)6-4-3-5-16-7-13-19(25)14-8-16/h7-14,25H,3-6H2,1-2H3. The van der Waals surface area contributed by atoms with Crippen molar-refractivity contribution in [2.75, 3.05) is 7.05 Å². The Bertz CT molecular complexity index is 768. The number of aryl methyl sites for hydroxylation is 1. The van der Waals surface area contributed by atoms with Crippen molar-refractivity contribution >= 4 is 17.4 Å². The number of hydrogen-bond acceptors (Lipinski definition) is 5. The molecule has 0 atom stereocenters. The molecule has 1 amide bonds. The molecule has 0 heterocycles. The number of aromatic hydroxyl groups is 1. The minimum Gasteiger partial charge on any atom is -0.508 e. The highest BCUT2D eigenvalue weighted by Gasteiger charge is 2.07. The maximum atomic E-state index is 12.1. The number of benzene rings is 2. The molecule has 0 fully saturated rings. The van der Waals surface area contributed by atoms with Crippen molar-refractivity contribution in [1.82, 2.24) is 5.01 Å². The van der Waals surface area contributed by atoms with Crippen LogP contribution in [0.1, 0.15) is 42.1 Å². The number of nitrogens with zero attached hydrogens (tertiary/aromatic N) is 3. The normalized spacial score (nSPS) is 10.8. The molecule has 0 bridgehead atoms. The molecule has 2 aromatic carbocycles. The molecule has 6 heteroatoms. The van der Waals surface area contributed by atoms with Gasteiger partial charge in [-0.15, -0.1) is 5.11 Å². The Morgan fingerprint density at radius 2 is 1.65 bits per heavy atom. The zero-order valence-corrected chi connectivity index (χ0v) is 15.1. The Hall–Kier alpha value is -3.02. The number of carbonyl (C=O) groups excluding carboxylic acids is 2. The Morgan fingerprint density at radius 3 is 2.27 bits per heavy atom. The van der Waals surface area contributed by atoms with E-state index in [2.05, 4.69) is 10.3 Å². The zero-order chi connectivity index (χ0) is 18.9. The summed E-state index contributed by atoms with van der Waals surface area (Å²) in [6, 6.07) is 13.8. The summed E-state index contributed by atoms with van der Waals surface area (Å²) < 4.78 is 0. The molecule has 0 radical (unpaired) electrons. The van der Waals surface area contributed by atoms with Crippen molar-refractivity contribution in [3.8, 4) is 5.75 Å². The van der Waals surface area contributed by atoms with Crippen molar-refractivity contribution < 1.29 is 14.7 Å². The predicted octanol–water partition coefficient (Wildman–Crippen LogP) is 4.46. The van der Waals surface area contributed by atoms with Crippen LogP contribution in [0.3, 0.4) is 0 Å². The minimum atomic E-state index is -0.0974. The van der Waals surface area contributed by atoms with Crippen LogP contribution < -0.4 is 0 Å². The van der Waals surface area contributed by atoms with Gasteiger partial charge in [0, 0.05) is 19.0 Å². The summed E-state index contributed by atoms with van der Waals surface area (Å²) in [5.41, 5.74) is 2.33.